The third-order valence-electron chi connectivity index (χ3n) is 2.86. The second-order valence-corrected chi connectivity index (χ2v) is 5.18. The number of aromatic hydroxyl groups is 1. The fraction of sp³-hybridized carbons (Fsp3) is 0.533. The van der Waals surface area contributed by atoms with Gasteiger partial charge in [-0.25, -0.2) is 0 Å². The lowest BCUT2D eigenvalue weighted by atomic mass is 10.1. The molecule has 106 valence electrons. The van der Waals surface area contributed by atoms with E-state index in [4.69, 9.17) is 15.6 Å². The first kappa shape index (κ1) is 15.5. The second-order valence-electron chi connectivity index (χ2n) is 5.18. The zero-order valence-electron chi connectivity index (χ0n) is 11.6. The van der Waals surface area contributed by atoms with Crippen LogP contribution in [0.15, 0.2) is 24.3 Å². The van der Waals surface area contributed by atoms with E-state index in [1.807, 2.05) is 0 Å². The molecule has 0 bridgehead atoms. The van der Waals surface area contributed by atoms with E-state index in [2.05, 4.69) is 13.8 Å². The number of esters is 1. The fourth-order valence-corrected chi connectivity index (χ4v) is 1.74. The highest BCUT2D eigenvalue weighted by molar-refractivity contribution is 5.75. The maximum absolute atomic E-state index is 11.7. The van der Waals surface area contributed by atoms with E-state index in [9.17, 15) is 4.79 Å². The highest BCUT2D eigenvalue weighted by Crippen LogP contribution is 2.11. The Kier molecular flexibility index (Phi) is 6.36. The summed E-state index contributed by atoms with van der Waals surface area (Å²) in [5.74, 6) is 0.454. The van der Waals surface area contributed by atoms with E-state index >= 15 is 0 Å². The van der Waals surface area contributed by atoms with Crippen molar-refractivity contribution in [3.8, 4) is 5.75 Å². The average Bonchev–Trinajstić information content (AvgIpc) is 2.36. The van der Waals surface area contributed by atoms with Gasteiger partial charge in [0.15, 0.2) is 0 Å². The van der Waals surface area contributed by atoms with Gasteiger partial charge < -0.3 is 15.6 Å². The number of ether oxygens (including phenoxy) is 1. The van der Waals surface area contributed by atoms with Crippen LogP contribution in [0.3, 0.4) is 0 Å². The Morgan fingerprint density at radius 2 is 1.95 bits per heavy atom. The molecular weight excluding hydrogens is 242 g/mol. The number of carbonyl (C=O) groups is 1. The van der Waals surface area contributed by atoms with Gasteiger partial charge in [-0.3, -0.25) is 4.79 Å². The molecule has 4 nitrogen and oxygen atoms in total. The Bertz CT molecular complexity index is 387. The van der Waals surface area contributed by atoms with Gasteiger partial charge in [0.1, 0.15) is 11.8 Å². The molecule has 0 aliphatic carbocycles. The van der Waals surface area contributed by atoms with Crippen molar-refractivity contribution in [2.24, 2.45) is 11.7 Å². The van der Waals surface area contributed by atoms with Crippen molar-refractivity contribution in [3.05, 3.63) is 29.8 Å². The van der Waals surface area contributed by atoms with Gasteiger partial charge in [0.25, 0.3) is 0 Å². The molecule has 0 aliphatic heterocycles. The number of hydrogen-bond acceptors (Lipinski definition) is 4. The molecular formula is C15H23NO3. The summed E-state index contributed by atoms with van der Waals surface area (Å²) in [6.45, 7) is 4.71. The van der Waals surface area contributed by atoms with Gasteiger partial charge >= 0.3 is 5.97 Å². The van der Waals surface area contributed by atoms with Gasteiger partial charge in [-0.05, 0) is 42.9 Å². The van der Waals surface area contributed by atoms with E-state index in [0.29, 0.717) is 18.9 Å². The minimum atomic E-state index is -0.649. The molecule has 0 unspecified atom stereocenters. The zero-order chi connectivity index (χ0) is 14.3. The summed E-state index contributed by atoms with van der Waals surface area (Å²) in [5.41, 5.74) is 6.70. The Hall–Kier alpha value is -1.55. The van der Waals surface area contributed by atoms with Crippen LogP contribution in [0.1, 0.15) is 32.3 Å². The standard InChI is InChI=1S/C15H23NO3/c1-11(2)4-3-9-19-15(18)14(16)10-12-5-7-13(17)8-6-12/h5-8,11,14,17H,3-4,9-10,16H2,1-2H3/t14-/m0/s1. The molecule has 0 radical (unpaired) electrons. The van der Waals surface area contributed by atoms with Gasteiger partial charge in [-0.2, -0.15) is 0 Å². The van der Waals surface area contributed by atoms with Crippen LogP contribution in [0.25, 0.3) is 0 Å². The van der Waals surface area contributed by atoms with Gasteiger partial charge in [0, 0.05) is 0 Å². The molecule has 0 saturated heterocycles. The maximum Gasteiger partial charge on any atom is 0.323 e. The predicted octanol–water partition coefficient (Wildman–Crippen LogP) is 2.24. The van der Waals surface area contributed by atoms with Crippen molar-refractivity contribution in [1.82, 2.24) is 0 Å². The molecule has 19 heavy (non-hydrogen) atoms. The molecule has 1 atom stereocenters. The van der Waals surface area contributed by atoms with Crippen molar-refractivity contribution >= 4 is 5.97 Å². The van der Waals surface area contributed by atoms with E-state index in [0.717, 1.165) is 18.4 Å². The molecule has 0 spiro atoms. The molecule has 0 aromatic heterocycles. The minimum absolute atomic E-state index is 0.202. The Morgan fingerprint density at radius 3 is 2.53 bits per heavy atom. The van der Waals surface area contributed by atoms with Crippen LogP contribution in [0.4, 0.5) is 0 Å². The molecule has 3 N–H and O–H groups in total. The zero-order valence-corrected chi connectivity index (χ0v) is 11.6. The van der Waals surface area contributed by atoms with Crippen LogP contribution in [0.5, 0.6) is 5.75 Å². The minimum Gasteiger partial charge on any atom is -0.508 e. The summed E-state index contributed by atoms with van der Waals surface area (Å²) < 4.78 is 5.14. The molecule has 4 heteroatoms. The van der Waals surface area contributed by atoms with Crippen molar-refractivity contribution in [1.29, 1.82) is 0 Å². The van der Waals surface area contributed by atoms with Gasteiger partial charge in [0.05, 0.1) is 6.61 Å². The van der Waals surface area contributed by atoms with Crippen LogP contribution < -0.4 is 5.73 Å². The van der Waals surface area contributed by atoms with Crippen LogP contribution in [-0.2, 0) is 16.0 Å². The lowest BCUT2D eigenvalue weighted by Gasteiger charge is -2.12. The quantitative estimate of drug-likeness (QED) is 0.586. The average molecular weight is 265 g/mol. The molecule has 0 saturated carbocycles. The van der Waals surface area contributed by atoms with Crippen molar-refractivity contribution in [2.45, 2.75) is 39.2 Å². The Morgan fingerprint density at radius 1 is 1.32 bits per heavy atom. The molecule has 1 rings (SSSR count). The lowest BCUT2D eigenvalue weighted by molar-refractivity contribution is -0.145. The summed E-state index contributed by atoms with van der Waals surface area (Å²) >= 11 is 0. The highest BCUT2D eigenvalue weighted by Gasteiger charge is 2.15. The first-order valence-corrected chi connectivity index (χ1v) is 6.69. The Balaban J connectivity index is 2.30. The van der Waals surface area contributed by atoms with Crippen LogP contribution in [0.2, 0.25) is 0 Å². The topological polar surface area (TPSA) is 72.5 Å². The van der Waals surface area contributed by atoms with E-state index in [1.54, 1.807) is 24.3 Å². The monoisotopic (exact) mass is 265 g/mol. The summed E-state index contributed by atoms with van der Waals surface area (Å²) in [6, 6.07) is 6.01. The van der Waals surface area contributed by atoms with Gasteiger partial charge in [0.2, 0.25) is 0 Å². The first-order chi connectivity index (χ1) is 8.99. The first-order valence-electron chi connectivity index (χ1n) is 6.69. The van der Waals surface area contributed by atoms with Crippen LogP contribution in [0, 0.1) is 5.92 Å². The number of phenolic OH excluding ortho intramolecular Hbond substituents is 1. The summed E-state index contributed by atoms with van der Waals surface area (Å²) in [7, 11) is 0. The van der Waals surface area contributed by atoms with E-state index in [-0.39, 0.29) is 11.7 Å². The molecule has 0 aliphatic rings. The van der Waals surface area contributed by atoms with Crippen LogP contribution in [-0.4, -0.2) is 23.7 Å². The SMILES string of the molecule is CC(C)CCCOC(=O)[C@@H](N)Cc1ccc(O)cc1. The number of hydrogen-bond donors (Lipinski definition) is 2. The third kappa shape index (κ3) is 6.25. The number of benzene rings is 1. The van der Waals surface area contributed by atoms with Crippen LogP contribution >= 0.6 is 0 Å². The molecule has 0 heterocycles. The number of phenols is 1. The molecule has 1 aromatic carbocycles. The second kappa shape index (κ2) is 7.79. The largest absolute Gasteiger partial charge is 0.508 e. The Labute approximate surface area is 114 Å². The summed E-state index contributed by atoms with van der Waals surface area (Å²) in [6.07, 6.45) is 2.33. The number of rotatable bonds is 7. The molecule has 0 fully saturated rings. The molecule has 0 amide bonds. The fourth-order valence-electron chi connectivity index (χ4n) is 1.74. The van der Waals surface area contributed by atoms with Crippen molar-refractivity contribution in [2.75, 3.05) is 6.61 Å². The maximum atomic E-state index is 11.7. The van der Waals surface area contributed by atoms with Crippen molar-refractivity contribution < 1.29 is 14.6 Å². The van der Waals surface area contributed by atoms with Crippen molar-refractivity contribution in [3.63, 3.8) is 0 Å². The predicted molar refractivity (Wildman–Crippen MR) is 74.8 cm³/mol. The molecule has 1 aromatic rings. The number of carbonyl (C=O) groups excluding carboxylic acids is 1. The number of nitrogens with two attached hydrogens (primary N) is 1. The smallest absolute Gasteiger partial charge is 0.323 e. The van der Waals surface area contributed by atoms with E-state index < -0.39 is 6.04 Å². The van der Waals surface area contributed by atoms with Gasteiger partial charge in [-0.15, -0.1) is 0 Å². The summed E-state index contributed by atoms with van der Waals surface area (Å²) in [4.78, 5) is 11.7. The lowest BCUT2D eigenvalue weighted by Crippen LogP contribution is -2.34. The third-order valence-corrected chi connectivity index (χ3v) is 2.86. The van der Waals surface area contributed by atoms with Gasteiger partial charge in [-0.1, -0.05) is 26.0 Å². The summed E-state index contributed by atoms with van der Waals surface area (Å²) in [5, 5.41) is 9.17. The normalized spacial score (nSPS) is 12.4. The highest BCUT2D eigenvalue weighted by atomic mass is 16.5. The van der Waals surface area contributed by atoms with E-state index in [1.165, 1.54) is 0 Å².